The second-order valence-electron chi connectivity index (χ2n) is 3.48. The van der Waals surface area contributed by atoms with Crippen molar-refractivity contribution in [2.24, 2.45) is 9.98 Å². The third-order valence-electron chi connectivity index (χ3n) is 2.07. The highest BCUT2D eigenvalue weighted by atomic mass is 32.1. The number of hydrogen-bond acceptors (Lipinski definition) is 4. The minimum Gasteiger partial charge on any atom is -0.332 e. The summed E-state index contributed by atoms with van der Waals surface area (Å²) in [6.07, 6.45) is -9.65. The Balaban J connectivity index is 2.45. The number of hydrogen-bond donors (Lipinski definition) is 2. The van der Waals surface area contributed by atoms with E-state index >= 15 is 0 Å². The molecule has 0 spiro atoms. The molecular weight excluding hydrogens is 330 g/mol. The monoisotopic (exact) mass is 332 g/mol. The zero-order valence-electron chi connectivity index (χ0n) is 8.96. The summed E-state index contributed by atoms with van der Waals surface area (Å²) in [4.78, 5) is 10.3. The average molecular weight is 332 g/mol. The molecule has 0 fully saturated rings. The Morgan fingerprint density at radius 2 is 1.60 bits per heavy atom. The van der Waals surface area contributed by atoms with Gasteiger partial charge in [0.15, 0.2) is 4.99 Å². The first-order valence-electron chi connectivity index (χ1n) is 4.65. The van der Waals surface area contributed by atoms with Gasteiger partial charge in [-0.3, -0.25) is 0 Å². The fraction of sp³-hybridized carbons (Fsp3) is 0.250. The van der Waals surface area contributed by atoms with Crippen molar-refractivity contribution in [1.29, 1.82) is 0 Å². The van der Waals surface area contributed by atoms with Gasteiger partial charge in [-0.25, -0.2) is 15.0 Å². The van der Waals surface area contributed by atoms with Crippen LogP contribution in [0.4, 0.5) is 26.3 Å². The molecule has 20 heavy (non-hydrogen) atoms. The van der Waals surface area contributed by atoms with E-state index in [4.69, 9.17) is 0 Å². The standard InChI is InChI=1S/C8H2F6N4S2/c9-7(10,11)5-15-1(3(19)17-5)2-4(20)18-6(16-2)8(12,13)14/h19H,(H,15,17). The van der Waals surface area contributed by atoms with Crippen LogP contribution in [-0.2, 0) is 6.18 Å². The van der Waals surface area contributed by atoms with E-state index in [0.29, 0.717) is 0 Å². The topological polar surface area (TPSA) is 53.4 Å². The van der Waals surface area contributed by atoms with Crippen LogP contribution in [0.25, 0.3) is 0 Å². The molecule has 1 aliphatic rings. The van der Waals surface area contributed by atoms with Crippen LogP contribution in [0.1, 0.15) is 11.5 Å². The van der Waals surface area contributed by atoms with Crippen molar-refractivity contribution in [2.45, 2.75) is 17.4 Å². The highest BCUT2D eigenvalue weighted by Crippen LogP contribution is 2.30. The summed E-state index contributed by atoms with van der Waals surface area (Å²) in [7, 11) is 0. The largest absolute Gasteiger partial charge is 0.451 e. The van der Waals surface area contributed by atoms with Crippen LogP contribution in [0.15, 0.2) is 15.0 Å². The molecule has 1 aliphatic heterocycles. The van der Waals surface area contributed by atoms with Crippen molar-refractivity contribution < 1.29 is 26.3 Å². The van der Waals surface area contributed by atoms with E-state index < -0.39 is 45.4 Å². The van der Waals surface area contributed by atoms with Crippen LogP contribution in [-0.4, -0.2) is 32.7 Å². The fourth-order valence-corrected chi connectivity index (χ4v) is 1.78. The Bertz CT molecular complexity index is 638. The van der Waals surface area contributed by atoms with Crippen molar-refractivity contribution in [3.63, 3.8) is 0 Å². The summed E-state index contributed by atoms with van der Waals surface area (Å²) in [5, 5.41) is -0.475. The van der Waals surface area contributed by atoms with Gasteiger partial charge in [0.05, 0.1) is 0 Å². The molecule has 2 heterocycles. The Morgan fingerprint density at radius 1 is 1.00 bits per heavy atom. The van der Waals surface area contributed by atoms with Crippen LogP contribution in [0.5, 0.6) is 0 Å². The molecular formula is C8H2F6N4S2. The molecule has 0 atom stereocenters. The van der Waals surface area contributed by atoms with E-state index in [1.54, 1.807) is 4.98 Å². The van der Waals surface area contributed by atoms with Gasteiger partial charge in [-0.1, -0.05) is 12.2 Å². The number of aromatic amines is 1. The van der Waals surface area contributed by atoms with E-state index in [-0.39, 0.29) is 0 Å². The Hall–Kier alpha value is -1.43. The second kappa shape index (κ2) is 4.55. The van der Waals surface area contributed by atoms with Gasteiger partial charge < -0.3 is 4.98 Å². The molecule has 0 aromatic carbocycles. The van der Waals surface area contributed by atoms with Gasteiger partial charge in [-0.15, -0.1) is 12.6 Å². The van der Waals surface area contributed by atoms with Crippen molar-refractivity contribution in [3.8, 4) is 0 Å². The third-order valence-corrected chi connectivity index (χ3v) is 2.68. The zero-order chi connectivity index (χ0) is 15.3. The number of thiol groups is 1. The van der Waals surface area contributed by atoms with Crippen molar-refractivity contribution >= 4 is 41.4 Å². The van der Waals surface area contributed by atoms with Crippen LogP contribution in [0, 0.1) is 0 Å². The van der Waals surface area contributed by atoms with Gasteiger partial charge in [0.2, 0.25) is 11.7 Å². The number of nitrogens with zero attached hydrogens (tertiary/aromatic N) is 3. The van der Waals surface area contributed by atoms with Gasteiger partial charge in [0, 0.05) is 0 Å². The van der Waals surface area contributed by atoms with E-state index in [9.17, 15) is 26.3 Å². The number of H-pyrrole nitrogens is 1. The summed E-state index contributed by atoms with van der Waals surface area (Å²) < 4.78 is 74.5. The minimum atomic E-state index is -4.85. The number of alkyl halides is 6. The van der Waals surface area contributed by atoms with E-state index in [0.717, 1.165) is 0 Å². The molecule has 1 aromatic rings. The lowest BCUT2D eigenvalue weighted by molar-refractivity contribution is -0.144. The fourth-order valence-electron chi connectivity index (χ4n) is 1.28. The lowest BCUT2D eigenvalue weighted by atomic mass is 10.3. The molecule has 0 saturated carbocycles. The molecule has 108 valence electrons. The van der Waals surface area contributed by atoms with Crippen molar-refractivity contribution in [2.75, 3.05) is 0 Å². The Kier molecular flexibility index (Phi) is 3.40. The molecule has 4 nitrogen and oxygen atoms in total. The van der Waals surface area contributed by atoms with E-state index in [2.05, 4.69) is 39.8 Å². The maximum absolute atomic E-state index is 12.4. The summed E-state index contributed by atoms with van der Waals surface area (Å²) in [5.74, 6) is -2.95. The zero-order valence-corrected chi connectivity index (χ0v) is 10.7. The first kappa shape index (κ1) is 15.0. The number of aromatic nitrogens is 2. The second-order valence-corrected chi connectivity index (χ2v) is 4.29. The number of rotatable bonds is 1. The highest BCUT2D eigenvalue weighted by molar-refractivity contribution is 7.82. The maximum Gasteiger partial charge on any atom is 0.451 e. The Labute approximate surface area is 117 Å². The predicted octanol–water partition coefficient (Wildman–Crippen LogP) is 2.81. The predicted molar refractivity (Wildman–Crippen MR) is 63.5 cm³/mol. The number of nitrogens with one attached hydrogen (secondary N) is 1. The third kappa shape index (κ3) is 2.70. The number of amidine groups is 1. The summed E-state index contributed by atoms with van der Waals surface area (Å²) in [5.41, 5.74) is -1.02. The van der Waals surface area contributed by atoms with Gasteiger partial charge in [0.25, 0.3) is 0 Å². The smallest absolute Gasteiger partial charge is 0.332 e. The maximum atomic E-state index is 12.4. The minimum absolute atomic E-state index is 0.464. The van der Waals surface area contributed by atoms with Crippen LogP contribution in [0.3, 0.4) is 0 Å². The molecule has 0 bridgehead atoms. The summed E-state index contributed by atoms with van der Waals surface area (Å²) in [6.45, 7) is 0. The van der Waals surface area contributed by atoms with Gasteiger partial charge in [0.1, 0.15) is 16.4 Å². The molecule has 0 radical (unpaired) electrons. The lowest BCUT2D eigenvalue weighted by Gasteiger charge is -2.01. The first-order chi connectivity index (χ1) is 9.00. The molecule has 0 unspecified atom stereocenters. The molecule has 2 rings (SSSR count). The summed E-state index contributed by atoms with van der Waals surface area (Å²) >= 11 is 8.20. The van der Waals surface area contributed by atoms with E-state index in [1.807, 2.05) is 0 Å². The van der Waals surface area contributed by atoms with Crippen molar-refractivity contribution in [1.82, 2.24) is 9.97 Å². The first-order valence-corrected chi connectivity index (χ1v) is 5.51. The molecule has 1 N–H and O–H groups in total. The van der Waals surface area contributed by atoms with Gasteiger partial charge >= 0.3 is 12.4 Å². The molecule has 0 saturated heterocycles. The van der Waals surface area contributed by atoms with E-state index in [1.165, 1.54) is 0 Å². The van der Waals surface area contributed by atoms with Crippen LogP contribution >= 0.6 is 24.8 Å². The normalized spacial score (nSPS) is 16.4. The number of thiocarbonyl (C=S) groups is 1. The lowest BCUT2D eigenvalue weighted by Crippen LogP contribution is -2.19. The molecule has 0 aliphatic carbocycles. The molecule has 0 amide bonds. The quantitative estimate of drug-likeness (QED) is 0.472. The summed E-state index contributed by atoms with van der Waals surface area (Å²) in [6, 6.07) is 0. The van der Waals surface area contributed by atoms with Gasteiger partial charge in [-0.2, -0.15) is 26.3 Å². The average Bonchev–Trinajstić information content (AvgIpc) is 2.80. The number of aliphatic imine (C=N–C) groups is 2. The van der Waals surface area contributed by atoms with Crippen molar-refractivity contribution in [3.05, 3.63) is 11.5 Å². The molecule has 1 aromatic heterocycles. The number of halogens is 6. The molecule has 12 heteroatoms. The van der Waals surface area contributed by atoms with Gasteiger partial charge in [-0.05, 0) is 0 Å². The van der Waals surface area contributed by atoms with Crippen LogP contribution in [0.2, 0.25) is 0 Å². The highest BCUT2D eigenvalue weighted by Gasteiger charge is 2.41. The number of imidazole rings is 1. The SMILES string of the molecule is FC(F)(F)C1=NC(=S)C(c2[nH]c(C(F)(F)F)nc2S)=N1. The Morgan fingerprint density at radius 3 is 2.00 bits per heavy atom. The van der Waals surface area contributed by atoms with Crippen LogP contribution < -0.4 is 0 Å².